The number of benzene rings is 2. The van der Waals surface area contributed by atoms with Crippen LogP contribution in [0.1, 0.15) is 41.2 Å². The van der Waals surface area contributed by atoms with Crippen LogP contribution in [0.25, 0.3) is 11.4 Å². The van der Waals surface area contributed by atoms with Gasteiger partial charge in [-0.25, -0.2) is 4.68 Å². The van der Waals surface area contributed by atoms with Crippen molar-refractivity contribution >= 4 is 11.6 Å². The number of hydrogen-bond acceptors (Lipinski definition) is 4. The van der Waals surface area contributed by atoms with Gasteiger partial charge in [0.2, 0.25) is 0 Å². The van der Waals surface area contributed by atoms with Crippen LogP contribution in [0.2, 0.25) is 0 Å². The summed E-state index contributed by atoms with van der Waals surface area (Å²) in [6.45, 7) is 6.62. The van der Waals surface area contributed by atoms with Gasteiger partial charge < -0.3 is 4.90 Å². The molecular formula is C27H23N5O2. The number of anilines is 1. The van der Waals surface area contributed by atoms with E-state index in [1.54, 1.807) is 50.7 Å². The number of aromatic nitrogens is 3. The number of fused-ring (bicyclic) bond motifs is 1. The van der Waals surface area contributed by atoms with E-state index in [-0.39, 0.29) is 16.9 Å². The lowest BCUT2D eigenvalue weighted by Crippen LogP contribution is -2.47. The van der Waals surface area contributed by atoms with E-state index in [0.717, 1.165) is 22.6 Å². The first-order valence-electron chi connectivity index (χ1n) is 11.0. The van der Waals surface area contributed by atoms with Crippen molar-refractivity contribution in [1.29, 1.82) is 5.26 Å². The molecule has 1 aliphatic rings. The summed E-state index contributed by atoms with van der Waals surface area (Å²) in [5.74, 6) is -0.151. The Morgan fingerprint density at radius 1 is 0.941 bits per heavy atom. The maximum absolute atomic E-state index is 13.8. The van der Waals surface area contributed by atoms with Crippen molar-refractivity contribution < 1.29 is 4.79 Å². The zero-order valence-electron chi connectivity index (χ0n) is 19.2. The minimum Gasteiger partial charge on any atom is -0.306 e. The van der Waals surface area contributed by atoms with E-state index in [1.807, 2.05) is 37.3 Å². The first kappa shape index (κ1) is 21.4. The fourth-order valence-corrected chi connectivity index (χ4v) is 4.75. The van der Waals surface area contributed by atoms with Gasteiger partial charge in [-0.1, -0.05) is 26.0 Å². The Bertz CT molecular complexity index is 1520. The van der Waals surface area contributed by atoms with E-state index >= 15 is 0 Å². The second kappa shape index (κ2) is 7.85. The highest BCUT2D eigenvalue weighted by Crippen LogP contribution is 2.38. The maximum atomic E-state index is 13.8. The van der Waals surface area contributed by atoms with Crippen molar-refractivity contribution in [3.05, 3.63) is 106 Å². The molecule has 3 heterocycles. The number of amides is 1. The summed E-state index contributed by atoms with van der Waals surface area (Å²) in [6.07, 6.45) is 1.72. The molecule has 5 rings (SSSR count). The molecule has 7 nitrogen and oxygen atoms in total. The van der Waals surface area contributed by atoms with Gasteiger partial charge in [-0.3, -0.25) is 14.2 Å². The lowest BCUT2D eigenvalue weighted by Gasteiger charge is -2.38. The molecule has 0 bridgehead atoms. The van der Waals surface area contributed by atoms with Crippen molar-refractivity contribution in [3.63, 3.8) is 0 Å². The average molecular weight is 450 g/mol. The molecule has 7 heteroatoms. The molecule has 2 aromatic carbocycles. The largest absolute Gasteiger partial charge is 0.306 e. The summed E-state index contributed by atoms with van der Waals surface area (Å²) in [5, 5.41) is 14.0. The van der Waals surface area contributed by atoms with Crippen LogP contribution < -0.4 is 10.5 Å². The van der Waals surface area contributed by atoms with Crippen LogP contribution >= 0.6 is 0 Å². The summed E-state index contributed by atoms with van der Waals surface area (Å²) >= 11 is 0. The normalized spacial score (nSPS) is 14.5. The van der Waals surface area contributed by atoms with Crippen LogP contribution in [0.15, 0.2) is 77.7 Å². The Morgan fingerprint density at radius 2 is 1.68 bits per heavy atom. The number of aryl methyl sites for hydroxylation is 1. The third-order valence-electron chi connectivity index (χ3n) is 6.22. The highest BCUT2D eigenvalue weighted by Gasteiger charge is 2.42. The Hall–Kier alpha value is -4.44. The lowest BCUT2D eigenvalue weighted by molar-refractivity contribution is 0.0961. The van der Waals surface area contributed by atoms with Gasteiger partial charge in [-0.15, -0.1) is 0 Å². The van der Waals surface area contributed by atoms with Gasteiger partial charge in [0.1, 0.15) is 5.69 Å². The summed E-state index contributed by atoms with van der Waals surface area (Å²) in [6, 6.07) is 21.7. The van der Waals surface area contributed by atoms with Gasteiger partial charge in [-0.2, -0.15) is 10.4 Å². The second-order valence-corrected chi connectivity index (χ2v) is 9.08. The maximum Gasteiger partial charge on any atom is 0.277 e. The SMILES string of the molecule is Cc1nn(-c2cccc(C#N)c2)c2c1C(C)(C)CN(c1ccc(-n3ccccc3=O)cc1)C2=O. The first-order valence-corrected chi connectivity index (χ1v) is 11.0. The minimum atomic E-state index is -0.340. The van der Waals surface area contributed by atoms with E-state index in [4.69, 9.17) is 5.10 Å². The van der Waals surface area contributed by atoms with Gasteiger partial charge in [-0.05, 0) is 55.5 Å². The molecule has 168 valence electrons. The average Bonchev–Trinajstić information content (AvgIpc) is 3.21. The molecule has 2 aromatic heterocycles. The van der Waals surface area contributed by atoms with Crippen LogP contribution in [-0.4, -0.2) is 26.8 Å². The summed E-state index contributed by atoms with van der Waals surface area (Å²) in [5.41, 5.74) is 4.42. The van der Waals surface area contributed by atoms with Crippen molar-refractivity contribution in [2.75, 3.05) is 11.4 Å². The number of nitriles is 1. The van der Waals surface area contributed by atoms with Gasteiger partial charge >= 0.3 is 0 Å². The number of hydrogen-bond donors (Lipinski definition) is 0. The first-order chi connectivity index (χ1) is 16.3. The zero-order valence-corrected chi connectivity index (χ0v) is 19.2. The van der Waals surface area contributed by atoms with Gasteiger partial charge in [0.05, 0.1) is 23.0 Å². The highest BCUT2D eigenvalue weighted by atomic mass is 16.2. The van der Waals surface area contributed by atoms with Crippen LogP contribution in [0.4, 0.5) is 5.69 Å². The number of rotatable bonds is 3. The molecule has 0 spiro atoms. The van der Waals surface area contributed by atoms with Crippen molar-refractivity contribution in [2.45, 2.75) is 26.2 Å². The van der Waals surface area contributed by atoms with Crippen LogP contribution in [0.5, 0.6) is 0 Å². The Kier molecular flexibility index (Phi) is 4.94. The Labute approximate surface area is 197 Å². The fourth-order valence-electron chi connectivity index (χ4n) is 4.75. The van der Waals surface area contributed by atoms with E-state index in [1.165, 1.54) is 6.07 Å². The Balaban J connectivity index is 1.59. The van der Waals surface area contributed by atoms with Gasteiger partial charge in [0.15, 0.2) is 0 Å². The second-order valence-electron chi connectivity index (χ2n) is 9.08. The summed E-state index contributed by atoms with van der Waals surface area (Å²) in [4.78, 5) is 27.7. The van der Waals surface area contributed by atoms with E-state index in [9.17, 15) is 14.9 Å². The molecule has 0 atom stereocenters. The topological polar surface area (TPSA) is 83.9 Å². The van der Waals surface area contributed by atoms with Crippen LogP contribution in [0, 0.1) is 18.3 Å². The van der Waals surface area contributed by atoms with Gasteiger partial charge in [0, 0.05) is 41.2 Å². The van der Waals surface area contributed by atoms with E-state index in [0.29, 0.717) is 23.5 Å². The highest BCUT2D eigenvalue weighted by molar-refractivity contribution is 6.08. The van der Waals surface area contributed by atoms with Crippen molar-refractivity contribution in [3.8, 4) is 17.4 Å². The third kappa shape index (κ3) is 3.41. The minimum absolute atomic E-state index is 0.117. The van der Waals surface area contributed by atoms with Crippen LogP contribution in [-0.2, 0) is 5.41 Å². The molecule has 0 unspecified atom stereocenters. The molecule has 0 fully saturated rings. The lowest BCUT2D eigenvalue weighted by atomic mass is 9.79. The molecule has 0 saturated heterocycles. The summed E-state index contributed by atoms with van der Waals surface area (Å²) in [7, 11) is 0. The zero-order chi connectivity index (χ0) is 24.0. The molecule has 4 aromatic rings. The fraction of sp³-hybridized carbons (Fsp3) is 0.185. The summed E-state index contributed by atoms with van der Waals surface area (Å²) < 4.78 is 3.21. The molecule has 1 aliphatic heterocycles. The Morgan fingerprint density at radius 3 is 2.38 bits per heavy atom. The number of carbonyl (C=O) groups is 1. The molecule has 0 radical (unpaired) electrons. The molecule has 0 N–H and O–H groups in total. The molecule has 0 aliphatic carbocycles. The van der Waals surface area contributed by atoms with Crippen molar-refractivity contribution in [2.24, 2.45) is 0 Å². The molecular weight excluding hydrogens is 426 g/mol. The van der Waals surface area contributed by atoms with E-state index < -0.39 is 0 Å². The molecule has 0 saturated carbocycles. The van der Waals surface area contributed by atoms with Crippen LogP contribution in [0.3, 0.4) is 0 Å². The quantitative estimate of drug-likeness (QED) is 0.471. The standard InChI is InChI=1S/C27H23N5O2/c1-18-24-25(32(29-18)22-8-6-7-19(15-22)16-28)26(34)31(17-27(24,2)3)21-12-10-20(11-13-21)30-14-5-4-9-23(30)33/h4-15H,17H2,1-3H3. The predicted molar refractivity (Wildman–Crippen MR) is 130 cm³/mol. The number of nitrogens with zero attached hydrogens (tertiary/aromatic N) is 5. The monoisotopic (exact) mass is 449 g/mol. The third-order valence-corrected chi connectivity index (χ3v) is 6.22. The number of carbonyl (C=O) groups excluding carboxylic acids is 1. The predicted octanol–water partition coefficient (Wildman–Crippen LogP) is 4.14. The van der Waals surface area contributed by atoms with E-state index in [2.05, 4.69) is 19.9 Å². The van der Waals surface area contributed by atoms with Gasteiger partial charge in [0.25, 0.3) is 11.5 Å². The number of pyridine rings is 1. The molecule has 34 heavy (non-hydrogen) atoms. The smallest absolute Gasteiger partial charge is 0.277 e. The molecule has 1 amide bonds. The van der Waals surface area contributed by atoms with Crippen molar-refractivity contribution in [1.82, 2.24) is 14.3 Å².